The van der Waals surface area contributed by atoms with Crippen molar-refractivity contribution in [2.45, 2.75) is 26.3 Å². The second-order valence-electron chi connectivity index (χ2n) is 4.27. The maximum absolute atomic E-state index is 5.56. The zero-order valence-corrected chi connectivity index (χ0v) is 11.3. The number of aryl methyl sites for hydroxylation is 3. The number of hydrogen-bond donors (Lipinski definition) is 1. The highest BCUT2D eigenvalue weighted by atomic mass is 16.5. The molecule has 2 rings (SSSR count). The number of nitrogens with two attached hydrogens (primary N) is 1. The lowest BCUT2D eigenvalue weighted by molar-refractivity contribution is 0.414. The van der Waals surface area contributed by atoms with Gasteiger partial charge < -0.3 is 10.5 Å². The molecule has 1 aromatic heterocycles. The van der Waals surface area contributed by atoms with Crippen molar-refractivity contribution in [1.82, 2.24) is 15.0 Å². The lowest BCUT2D eigenvalue weighted by atomic mass is 10.1. The highest BCUT2D eigenvalue weighted by molar-refractivity contribution is 5.28. The molecular formula is C14H18N4O. The fourth-order valence-corrected chi connectivity index (χ4v) is 1.88. The average Bonchev–Trinajstić information content (AvgIpc) is 2.44. The van der Waals surface area contributed by atoms with Gasteiger partial charge in [-0.1, -0.05) is 12.1 Å². The molecule has 19 heavy (non-hydrogen) atoms. The van der Waals surface area contributed by atoms with E-state index >= 15 is 0 Å². The molecule has 2 aromatic rings. The van der Waals surface area contributed by atoms with Crippen molar-refractivity contribution in [1.29, 1.82) is 0 Å². The Balaban J connectivity index is 2.07. The second kappa shape index (κ2) is 6.24. The van der Waals surface area contributed by atoms with Gasteiger partial charge in [-0.25, -0.2) is 15.0 Å². The van der Waals surface area contributed by atoms with Gasteiger partial charge in [-0.3, -0.25) is 0 Å². The number of methoxy groups -OCH3 is 1. The molecule has 0 bridgehead atoms. The number of aromatic nitrogens is 3. The Kier molecular flexibility index (Phi) is 4.41. The first-order valence-electron chi connectivity index (χ1n) is 6.24. The van der Waals surface area contributed by atoms with E-state index in [0.29, 0.717) is 12.4 Å². The largest absolute Gasteiger partial charge is 0.497 e. The smallest absolute Gasteiger partial charge is 0.146 e. The van der Waals surface area contributed by atoms with Crippen LogP contribution < -0.4 is 10.5 Å². The van der Waals surface area contributed by atoms with Crippen LogP contribution in [0, 0.1) is 6.92 Å². The summed E-state index contributed by atoms with van der Waals surface area (Å²) in [5.74, 6) is 3.02. The van der Waals surface area contributed by atoms with E-state index in [0.717, 1.165) is 30.2 Å². The molecule has 1 aromatic carbocycles. The summed E-state index contributed by atoms with van der Waals surface area (Å²) in [6.07, 6.45) is 1.63. The molecule has 5 nitrogen and oxygen atoms in total. The third-order valence-corrected chi connectivity index (χ3v) is 2.79. The van der Waals surface area contributed by atoms with Gasteiger partial charge in [-0.15, -0.1) is 0 Å². The highest BCUT2D eigenvalue weighted by Gasteiger charge is 2.04. The van der Waals surface area contributed by atoms with Gasteiger partial charge in [0.15, 0.2) is 0 Å². The van der Waals surface area contributed by atoms with Crippen LogP contribution in [-0.2, 0) is 19.4 Å². The molecule has 0 spiro atoms. The predicted molar refractivity (Wildman–Crippen MR) is 72.9 cm³/mol. The van der Waals surface area contributed by atoms with Gasteiger partial charge in [-0.2, -0.15) is 0 Å². The molecule has 0 radical (unpaired) electrons. The van der Waals surface area contributed by atoms with Gasteiger partial charge in [-0.05, 0) is 31.0 Å². The normalized spacial score (nSPS) is 10.5. The summed E-state index contributed by atoms with van der Waals surface area (Å²) in [6, 6.07) is 8.01. The first kappa shape index (κ1) is 13.4. The van der Waals surface area contributed by atoms with Crippen LogP contribution in [0.1, 0.15) is 23.0 Å². The van der Waals surface area contributed by atoms with Gasteiger partial charge in [0.25, 0.3) is 0 Å². The zero-order valence-electron chi connectivity index (χ0n) is 11.3. The van der Waals surface area contributed by atoms with E-state index in [9.17, 15) is 0 Å². The standard InChI is InChI=1S/C14H18N4O/c1-10-16-13(18-14(9-15)17-10)7-6-11-4-3-5-12(8-11)19-2/h3-5,8H,6-7,9,15H2,1-2H3. The molecule has 5 heteroatoms. The maximum atomic E-state index is 5.56. The van der Waals surface area contributed by atoms with Crippen LogP contribution in [0.2, 0.25) is 0 Å². The number of nitrogens with zero attached hydrogens (tertiary/aromatic N) is 3. The molecule has 0 aliphatic carbocycles. The zero-order chi connectivity index (χ0) is 13.7. The highest BCUT2D eigenvalue weighted by Crippen LogP contribution is 2.14. The van der Waals surface area contributed by atoms with Crippen LogP contribution in [0.3, 0.4) is 0 Å². The van der Waals surface area contributed by atoms with E-state index in [1.54, 1.807) is 7.11 Å². The molecule has 0 unspecified atom stereocenters. The molecule has 1 heterocycles. The van der Waals surface area contributed by atoms with Crippen molar-refractivity contribution in [2.24, 2.45) is 5.73 Å². The van der Waals surface area contributed by atoms with E-state index in [1.807, 2.05) is 25.1 Å². The third-order valence-electron chi connectivity index (χ3n) is 2.79. The van der Waals surface area contributed by atoms with E-state index in [4.69, 9.17) is 10.5 Å². The van der Waals surface area contributed by atoms with Gasteiger partial charge >= 0.3 is 0 Å². The Morgan fingerprint density at radius 2 is 1.89 bits per heavy atom. The van der Waals surface area contributed by atoms with Gasteiger partial charge in [0, 0.05) is 6.42 Å². The van der Waals surface area contributed by atoms with E-state index in [2.05, 4.69) is 21.0 Å². The Bertz CT molecular complexity index is 557. The average molecular weight is 258 g/mol. The SMILES string of the molecule is COc1cccc(CCc2nc(C)nc(CN)n2)c1. The van der Waals surface area contributed by atoms with Crippen molar-refractivity contribution in [2.75, 3.05) is 7.11 Å². The topological polar surface area (TPSA) is 73.9 Å². The number of ether oxygens (including phenoxy) is 1. The minimum absolute atomic E-state index is 0.343. The number of rotatable bonds is 5. The predicted octanol–water partition coefficient (Wildman–Crippen LogP) is 1.43. The lowest BCUT2D eigenvalue weighted by Gasteiger charge is -2.05. The first-order chi connectivity index (χ1) is 9.21. The summed E-state index contributed by atoms with van der Waals surface area (Å²) in [6.45, 7) is 2.20. The molecule has 2 N–H and O–H groups in total. The van der Waals surface area contributed by atoms with Crippen LogP contribution in [0.15, 0.2) is 24.3 Å². The monoisotopic (exact) mass is 258 g/mol. The molecule has 0 atom stereocenters. The molecule has 0 aliphatic rings. The summed E-state index contributed by atoms with van der Waals surface area (Å²) in [4.78, 5) is 12.8. The van der Waals surface area contributed by atoms with Crippen LogP contribution in [0.5, 0.6) is 5.75 Å². The van der Waals surface area contributed by atoms with E-state index in [-0.39, 0.29) is 0 Å². The minimum Gasteiger partial charge on any atom is -0.497 e. The summed E-state index contributed by atoms with van der Waals surface area (Å²) in [5, 5.41) is 0. The molecule has 0 saturated carbocycles. The quantitative estimate of drug-likeness (QED) is 0.878. The molecule has 100 valence electrons. The van der Waals surface area contributed by atoms with Crippen molar-refractivity contribution >= 4 is 0 Å². The summed E-state index contributed by atoms with van der Waals surface area (Å²) < 4.78 is 5.20. The van der Waals surface area contributed by atoms with Crippen LogP contribution in [0.25, 0.3) is 0 Å². The molecule has 0 aliphatic heterocycles. The van der Waals surface area contributed by atoms with Crippen molar-refractivity contribution < 1.29 is 4.74 Å². The maximum Gasteiger partial charge on any atom is 0.146 e. The van der Waals surface area contributed by atoms with Gasteiger partial charge in [0.2, 0.25) is 0 Å². The van der Waals surface area contributed by atoms with Crippen molar-refractivity contribution in [3.63, 3.8) is 0 Å². The molecule has 0 amide bonds. The molecular weight excluding hydrogens is 240 g/mol. The van der Waals surface area contributed by atoms with Crippen LogP contribution in [-0.4, -0.2) is 22.1 Å². The summed E-state index contributed by atoms with van der Waals surface area (Å²) in [5.41, 5.74) is 6.76. The molecule has 0 saturated heterocycles. The van der Waals surface area contributed by atoms with E-state index < -0.39 is 0 Å². The van der Waals surface area contributed by atoms with E-state index in [1.165, 1.54) is 5.56 Å². The second-order valence-corrected chi connectivity index (χ2v) is 4.27. The fraction of sp³-hybridized carbons (Fsp3) is 0.357. The van der Waals surface area contributed by atoms with Crippen LogP contribution >= 0.6 is 0 Å². The minimum atomic E-state index is 0.343. The first-order valence-corrected chi connectivity index (χ1v) is 6.24. The Labute approximate surface area is 112 Å². The summed E-state index contributed by atoms with van der Waals surface area (Å²) >= 11 is 0. The third kappa shape index (κ3) is 3.72. The Morgan fingerprint density at radius 1 is 1.11 bits per heavy atom. The van der Waals surface area contributed by atoms with Crippen molar-refractivity contribution in [3.05, 3.63) is 47.3 Å². The summed E-state index contributed by atoms with van der Waals surface area (Å²) in [7, 11) is 1.67. The number of benzene rings is 1. The van der Waals surface area contributed by atoms with Gasteiger partial charge in [0.05, 0.1) is 13.7 Å². The Hall–Kier alpha value is -2.01. The number of hydrogen-bond acceptors (Lipinski definition) is 5. The Morgan fingerprint density at radius 3 is 2.63 bits per heavy atom. The fourth-order valence-electron chi connectivity index (χ4n) is 1.88. The van der Waals surface area contributed by atoms with Crippen LogP contribution in [0.4, 0.5) is 0 Å². The lowest BCUT2D eigenvalue weighted by Crippen LogP contribution is -2.10. The van der Waals surface area contributed by atoms with Crippen molar-refractivity contribution in [3.8, 4) is 5.75 Å². The van der Waals surface area contributed by atoms with Gasteiger partial charge in [0.1, 0.15) is 23.2 Å². The molecule has 0 fully saturated rings.